The molecule has 150 valence electrons. The van der Waals surface area contributed by atoms with Crippen LogP contribution in [0.5, 0.6) is 0 Å². The highest BCUT2D eigenvalue weighted by molar-refractivity contribution is 9.10. The summed E-state index contributed by atoms with van der Waals surface area (Å²) in [5.74, 6) is 0.858. The van der Waals surface area contributed by atoms with Crippen molar-refractivity contribution < 1.29 is 9.53 Å². The van der Waals surface area contributed by atoms with Gasteiger partial charge in [-0.25, -0.2) is 0 Å². The van der Waals surface area contributed by atoms with Gasteiger partial charge in [-0.3, -0.25) is 14.6 Å². The first kappa shape index (κ1) is 20.8. The summed E-state index contributed by atoms with van der Waals surface area (Å²) in [5.41, 5.74) is 2.02. The molecule has 1 aromatic rings. The number of carbonyl (C=O) groups excluding carboxylic acids is 1. The Labute approximate surface area is 171 Å². The lowest BCUT2D eigenvalue weighted by Gasteiger charge is -2.36. The first-order valence-electron chi connectivity index (χ1n) is 10.1. The van der Waals surface area contributed by atoms with Crippen molar-refractivity contribution in [2.45, 2.75) is 39.2 Å². The maximum Gasteiger partial charge on any atom is 0.241 e. The van der Waals surface area contributed by atoms with E-state index in [4.69, 9.17) is 4.74 Å². The second kappa shape index (κ2) is 10.0. The fourth-order valence-electron chi connectivity index (χ4n) is 3.94. The molecule has 0 bridgehead atoms. The van der Waals surface area contributed by atoms with Crippen LogP contribution in [0, 0.1) is 12.8 Å². The molecule has 2 aliphatic rings. The van der Waals surface area contributed by atoms with Gasteiger partial charge < -0.3 is 10.1 Å². The van der Waals surface area contributed by atoms with Gasteiger partial charge in [0.25, 0.3) is 0 Å². The average molecular weight is 438 g/mol. The zero-order valence-electron chi connectivity index (χ0n) is 16.5. The molecule has 6 heteroatoms. The van der Waals surface area contributed by atoms with Crippen LogP contribution in [-0.4, -0.2) is 67.7 Å². The maximum absolute atomic E-state index is 12.7. The molecule has 0 aliphatic carbocycles. The van der Waals surface area contributed by atoms with Gasteiger partial charge in [0.2, 0.25) is 5.91 Å². The van der Waals surface area contributed by atoms with Crippen LogP contribution in [0.2, 0.25) is 0 Å². The van der Waals surface area contributed by atoms with Crippen LogP contribution in [0.1, 0.15) is 31.7 Å². The summed E-state index contributed by atoms with van der Waals surface area (Å²) < 4.78 is 6.36. The predicted octanol–water partition coefficient (Wildman–Crippen LogP) is 3.52. The Balaban J connectivity index is 1.42. The number of likely N-dealkylation sites (tertiary alicyclic amines) is 1. The van der Waals surface area contributed by atoms with Gasteiger partial charge in [0.1, 0.15) is 0 Å². The summed E-state index contributed by atoms with van der Waals surface area (Å²) in [7, 11) is 0. The largest absolute Gasteiger partial charge is 0.379 e. The lowest BCUT2D eigenvalue weighted by molar-refractivity contribution is -0.121. The zero-order valence-corrected chi connectivity index (χ0v) is 18.1. The van der Waals surface area contributed by atoms with E-state index in [1.807, 2.05) is 32.0 Å². The quantitative estimate of drug-likeness (QED) is 0.739. The second-order valence-electron chi connectivity index (χ2n) is 7.87. The first-order valence-corrected chi connectivity index (χ1v) is 10.9. The smallest absolute Gasteiger partial charge is 0.241 e. The minimum Gasteiger partial charge on any atom is -0.379 e. The van der Waals surface area contributed by atoms with E-state index < -0.39 is 0 Å². The fourth-order valence-corrected chi connectivity index (χ4v) is 4.54. The third kappa shape index (κ3) is 6.01. The molecule has 2 heterocycles. The summed E-state index contributed by atoms with van der Waals surface area (Å²) in [5, 5.41) is 3.07. The van der Waals surface area contributed by atoms with Crippen LogP contribution in [0.4, 0.5) is 5.69 Å². The van der Waals surface area contributed by atoms with Gasteiger partial charge in [-0.2, -0.15) is 0 Å². The number of piperidine rings is 1. The van der Waals surface area contributed by atoms with Crippen LogP contribution in [0.3, 0.4) is 0 Å². The van der Waals surface area contributed by atoms with Crippen LogP contribution in [-0.2, 0) is 9.53 Å². The van der Waals surface area contributed by atoms with Crippen molar-refractivity contribution in [2.75, 3.05) is 51.3 Å². The number of halogens is 1. The first-order chi connectivity index (χ1) is 13.0. The lowest BCUT2D eigenvalue weighted by atomic mass is 9.92. The number of benzene rings is 1. The molecule has 1 amide bonds. The van der Waals surface area contributed by atoms with E-state index >= 15 is 0 Å². The number of ether oxygens (including phenoxy) is 1. The third-order valence-electron chi connectivity index (χ3n) is 5.92. The van der Waals surface area contributed by atoms with Gasteiger partial charge in [0.05, 0.1) is 24.9 Å². The van der Waals surface area contributed by atoms with E-state index in [9.17, 15) is 4.79 Å². The number of aryl methyl sites for hydroxylation is 1. The second-order valence-corrected chi connectivity index (χ2v) is 8.72. The van der Waals surface area contributed by atoms with Crippen molar-refractivity contribution in [3.8, 4) is 0 Å². The number of hydrogen-bond donors (Lipinski definition) is 1. The molecule has 1 N–H and O–H groups in total. The minimum absolute atomic E-state index is 0.0753. The van der Waals surface area contributed by atoms with E-state index in [0.717, 1.165) is 55.5 Å². The number of nitrogens with one attached hydrogen (secondary N) is 1. The molecule has 0 radical (unpaired) electrons. The van der Waals surface area contributed by atoms with Crippen LogP contribution in [0.15, 0.2) is 22.7 Å². The van der Waals surface area contributed by atoms with E-state index in [1.165, 1.54) is 31.4 Å². The Bertz CT molecular complexity index is 626. The van der Waals surface area contributed by atoms with Gasteiger partial charge in [0.15, 0.2) is 0 Å². The number of nitrogens with zero attached hydrogens (tertiary/aromatic N) is 2. The summed E-state index contributed by atoms with van der Waals surface area (Å²) in [6.07, 6.45) is 3.65. The Morgan fingerprint density at radius 2 is 1.96 bits per heavy atom. The van der Waals surface area contributed by atoms with E-state index in [0.29, 0.717) is 0 Å². The molecule has 0 saturated carbocycles. The van der Waals surface area contributed by atoms with E-state index in [-0.39, 0.29) is 11.9 Å². The van der Waals surface area contributed by atoms with Crippen molar-refractivity contribution in [1.82, 2.24) is 9.80 Å². The average Bonchev–Trinajstić information content (AvgIpc) is 2.69. The van der Waals surface area contributed by atoms with Gasteiger partial charge in [-0.1, -0.05) is 6.07 Å². The topological polar surface area (TPSA) is 44.8 Å². The van der Waals surface area contributed by atoms with Crippen molar-refractivity contribution in [2.24, 2.45) is 5.92 Å². The fraction of sp³-hybridized carbons (Fsp3) is 0.667. The Morgan fingerprint density at radius 3 is 2.63 bits per heavy atom. The van der Waals surface area contributed by atoms with Gasteiger partial charge in [-0.05, 0) is 92.3 Å². The summed E-state index contributed by atoms with van der Waals surface area (Å²) in [4.78, 5) is 17.5. The molecular weight excluding hydrogens is 406 g/mol. The van der Waals surface area contributed by atoms with Crippen LogP contribution in [0.25, 0.3) is 0 Å². The monoisotopic (exact) mass is 437 g/mol. The SMILES string of the molecule is Cc1ccc(NC(=O)C(C)N2CCC(CCN3CCOCC3)CC2)c(Br)c1. The van der Waals surface area contributed by atoms with Crippen LogP contribution < -0.4 is 5.32 Å². The highest BCUT2D eigenvalue weighted by atomic mass is 79.9. The molecular formula is C21H32BrN3O2. The van der Waals surface area contributed by atoms with Gasteiger partial charge >= 0.3 is 0 Å². The van der Waals surface area contributed by atoms with Gasteiger partial charge in [-0.15, -0.1) is 0 Å². The Kier molecular flexibility index (Phi) is 7.70. The number of morpholine rings is 1. The van der Waals surface area contributed by atoms with E-state index in [1.54, 1.807) is 0 Å². The maximum atomic E-state index is 12.7. The third-order valence-corrected chi connectivity index (χ3v) is 6.57. The summed E-state index contributed by atoms with van der Waals surface area (Å²) in [6, 6.07) is 5.91. The lowest BCUT2D eigenvalue weighted by Crippen LogP contribution is -2.46. The molecule has 1 unspecified atom stereocenters. The predicted molar refractivity (Wildman–Crippen MR) is 113 cm³/mol. The number of hydrogen-bond acceptors (Lipinski definition) is 4. The number of rotatable bonds is 6. The van der Waals surface area contributed by atoms with Crippen molar-refractivity contribution in [1.29, 1.82) is 0 Å². The summed E-state index contributed by atoms with van der Waals surface area (Å²) in [6.45, 7) is 11.2. The number of amides is 1. The van der Waals surface area contributed by atoms with Gasteiger partial charge in [0, 0.05) is 17.6 Å². The van der Waals surface area contributed by atoms with Crippen LogP contribution >= 0.6 is 15.9 Å². The summed E-state index contributed by atoms with van der Waals surface area (Å²) >= 11 is 3.54. The molecule has 0 spiro atoms. The molecule has 1 aromatic carbocycles. The van der Waals surface area contributed by atoms with Crippen molar-refractivity contribution >= 4 is 27.5 Å². The Hall–Kier alpha value is -0.950. The van der Waals surface area contributed by atoms with Crippen molar-refractivity contribution in [3.63, 3.8) is 0 Å². The molecule has 5 nitrogen and oxygen atoms in total. The standard InChI is InChI=1S/C21H32BrN3O2/c1-16-3-4-20(19(22)15-16)23-21(26)17(2)25-9-6-18(7-10-25)5-8-24-11-13-27-14-12-24/h3-4,15,17-18H,5-14H2,1-2H3,(H,23,26). The van der Waals surface area contributed by atoms with Crippen molar-refractivity contribution in [3.05, 3.63) is 28.2 Å². The molecule has 27 heavy (non-hydrogen) atoms. The normalized spacial score (nSPS) is 21.1. The highest BCUT2D eigenvalue weighted by Gasteiger charge is 2.27. The Morgan fingerprint density at radius 1 is 1.26 bits per heavy atom. The highest BCUT2D eigenvalue weighted by Crippen LogP contribution is 2.25. The molecule has 2 aliphatic heterocycles. The minimum atomic E-state index is -0.0987. The molecule has 3 rings (SSSR count). The number of carbonyl (C=O) groups is 1. The van der Waals surface area contributed by atoms with E-state index in [2.05, 4.69) is 31.0 Å². The number of anilines is 1. The molecule has 2 saturated heterocycles. The zero-order chi connectivity index (χ0) is 19.2. The molecule has 2 fully saturated rings. The molecule has 0 aromatic heterocycles. The molecule has 1 atom stereocenters.